The molecule has 0 N–H and O–H groups in total. The maximum atomic E-state index is 12.7. The van der Waals surface area contributed by atoms with Crippen LogP contribution >= 0.6 is 11.6 Å². The summed E-state index contributed by atoms with van der Waals surface area (Å²) in [5.41, 5.74) is 0.601. The third-order valence-corrected chi connectivity index (χ3v) is 6.90. The molecule has 0 spiro atoms. The van der Waals surface area contributed by atoms with Crippen LogP contribution in [0.2, 0.25) is 5.02 Å². The monoisotopic (exact) mass is 393 g/mol. The third kappa shape index (κ3) is 4.37. The predicted molar refractivity (Wildman–Crippen MR) is 101 cm³/mol. The van der Waals surface area contributed by atoms with Gasteiger partial charge in [0, 0.05) is 18.1 Å². The number of hydrogen-bond acceptors (Lipinski definition) is 4. The standard InChI is InChI=1S/C19H20ClNO4S/c20-17-9-5-4-8-16(17)18-10-11-21(12-13-26(18,23)24)19(22)14-25-15-6-2-1-3-7-15/h1-9,18H,10-14H2. The van der Waals surface area contributed by atoms with Crippen molar-refractivity contribution in [3.05, 3.63) is 65.2 Å². The molecule has 0 aliphatic carbocycles. The number of amides is 1. The van der Waals surface area contributed by atoms with Gasteiger partial charge in [-0.05, 0) is 30.2 Å². The first-order valence-electron chi connectivity index (χ1n) is 8.39. The summed E-state index contributed by atoms with van der Waals surface area (Å²) in [5.74, 6) is 0.307. The van der Waals surface area contributed by atoms with Gasteiger partial charge >= 0.3 is 0 Å². The number of halogens is 1. The van der Waals surface area contributed by atoms with Crippen LogP contribution in [0.4, 0.5) is 0 Å². The second kappa shape index (κ2) is 8.10. The van der Waals surface area contributed by atoms with Crippen molar-refractivity contribution < 1.29 is 17.9 Å². The molecule has 2 aromatic carbocycles. The number of benzene rings is 2. The highest BCUT2D eigenvalue weighted by molar-refractivity contribution is 7.91. The SMILES string of the molecule is O=C(COc1ccccc1)N1CCC(c2ccccc2Cl)S(=O)(=O)CC1. The fraction of sp³-hybridized carbons (Fsp3) is 0.316. The second-order valence-corrected chi connectivity index (χ2v) is 8.86. The van der Waals surface area contributed by atoms with Gasteiger partial charge in [-0.2, -0.15) is 0 Å². The van der Waals surface area contributed by atoms with E-state index in [4.69, 9.17) is 16.3 Å². The van der Waals surface area contributed by atoms with Gasteiger partial charge in [0.25, 0.3) is 5.91 Å². The number of ether oxygens (including phenoxy) is 1. The minimum atomic E-state index is -3.39. The highest BCUT2D eigenvalue weighted by atomic mass is 35.5. The van der Waals surface area contributed by atoms with Gasteiger partial charge in [0.05, 0.1) is 11.0 Å². The first kappa shape index (κ1) is 18.7. The molecule has 3 rings (SSSR count). The Labute approximate surface area is 158 Å². The molecule has 1 fully saturated rings. The predicted octanol–water partition coefficient (Wildman–Crippen LogP) is 3.11. The van der Waals surface area contributed by atoms with Crippen LogP contribution in [-0.2, 0) is 14.6 Å². The number of carbonyl (C=O) groups excluding carboxylic acids is 1. The van der Waals surface area contributed by atoms with Crippen molar-refractivity contribution in [2.45, 2.75) is 11.7 Å². The summed E-state index contributed by atoms with van der Waals surface area (Å²) in [6.45, 7) is 0.410. The molecule has 1 heterocycles. The van der Waals surface area contributed by atoms with Gasteiger partial charge in [-0.1, -0.05) is 48.0 Å². The maximum absolute atomic E-state index is 12.7. The zero-order valence-electron chi connectivity index (χ0n) is 14.2. The lowest BCUT2D eigenvalue weighted by Gasteiger charge is -2.20. The number of sulfone groups is 1. The van der Waals surface area contributed by atoms with E-state index in [2.05, 4.69) is 0 Å². The summed E-state index contributed by atoms with van der Waals surface area (Å²) in [7, 11) is -3.39. The van der Waals surface area contributed by atoms with E-state index in [9.17, 15) is 13.2 Å². The molecule has 2 aromatic rings. The Bertz CT molecular complexity index is 870. The first-order valence-corrected chi connectivity index (χ1v) is 10.5. The Kier molecular flexibility index (Phi) is 5.84. The topological polar surface area (TPSA) is 63.7 Å². The van der Waals surface area contributed by atoms with E-state index in [1.54, 1.807) is 41.3 Å². The Balaban J connectivity index is 1.68. The highest BCUT2D eigenvalue weighted by Gasteiger charge is 2.33. The van der Waals surface area contributed by atoms with Crippen LogP contribution in [0.25, 0.3) is 0 Å². The molecule has 1 aliphatic heterocycles. The molecule has 0 aromatic heterocycles. The van der Waals surface area contributed by atoms with Crippen molar-refractivity contribution in [1.29, 1.82) is 0 Å². The normalized spacial score (nSPS) is 19.6. The number of nitrogens with zero attached hydrogens (tertiary/aromatic N) is 1. The van der Waals surface area contributed by atoms with Crippen LogP contribution in [0.5, 0.6) is 5.75 Å². The Hall–Kier alpha value is -2.05. The van der Waals surface area contributed by atoms with Gasteiger partial charge in [-0.3, -0.25) is 4.79 Å². The van der Waals surface area contributed by atoms with Crippen LogP contribution < -0.4 is 4.74 Å². The summed E-state index contributed by atoms with van der Waals surface area (Å²) in [6.07, 6.45) is 0.323. The lowest BCUT2D eigenvalue weighted by molar-refractivity contribution is -0.133. The van der Waals surface area contributed by atoms with E-state index in [1.165, 1.54) is 0 Å². The van der Waals surface area contributed by atoms with Crippen LogP contribution in [0.3, 0.4) is 0 Å². The molecule has 0 saturated carbocycles. The molecule has 7 heteroatoms. The van der Waals surface area contributed by atoms with Crippen molar-refractivity contribution >= 4 is 27.3 Å². The molecular weight excluding hydrogens is 374 g/mol. The fourth-order valence-corrected chi connectivity index (χ4v) is 5.18. The van der Waals surface area contributed by atoms with Crippen LogP contribution in [-0.4, -0.2) is 44.7 Å². The van der Waals surface area contributed by atoms with E-state index >= 15 is 0 Å². The molecule has 0 radical (unpaired) electrons. The molecule has 1 saturated heterocycles. The molecule has 26 heavy (non-hydrogen) atoms. The smallest absolute Gasteiger partial charge is 0.260 e. The minimum Gasteiger partial charge on any atom is -0.484 e. The minimum absolute atomic E-state index is 0.0834. The second-order valence-electron chi connectivity index (χ2n) is 6.15. The van der Waals surface area contributed by atoms with Crippen molar-refractivity contribution in [3.8, 4) is 5.75 Å². The lowest BCUT2D eigenvalue weighted by atomic mass is 10.1. The third-order valence-electron chi connectivity index (χ3n) is 4.45. The summed E-state index contributed by atoms with van der Waals surface area (Å²) >= 11 is 6.19. The van der Waals surface area contributed by atoms with Crippen LogP contribution in [0, 0.1) is 0 Å². The zero-order valence-corrected chi connectivity index (χ0v) is 15.7. The molecule has 1 amide bonds. The Morgan fingerprint density at radius 2 is 1.77 bits per heavy atom. The van der Waals surface area contributed by atoms with Crippen LogP contribution in [0.1, 0.15) is 17.2 Å². The first-order chi connectivity index (χ1) is 12.5. The van der Waals surface area contributed by atoms with Gasteiger partial charge in [-0.15, -0.1) is 0 Å². The van der Waals surface area contributed by atoms with Gasteiger partial charge in [0.1, 0.15) is 5.75 Å². The maximum Gasteiger partial charge on any atom is 0.260 e. The largest absolute Gasteiger partial charge is 0.484 e. The molecular formula is C19H20ClNO4S. The average molecular weight is 394 g/mol. The van der Waals surface area contributed by atoms with Gasteiger partial charge in [0.2, 0.25) is 0 Å². The van der Waals surface area contributed by atoms with E-state index in [0.29, 0.717) is 29.3 Å². The van der Waals surface area contributed by atoms with E-state index in [-0.39, 0.29) is 24.8 Å². The van der Waals surface area contributed by atoms with Crippen molar-refractivity contribution in [2.24, 2.45) is 0 Å². The summed E-state index contributed by atoms with van der Waals surface area (Å²) in [6, 6.07) is 16.0. The summed E-state index contributed by atoms with van der Waals surface area (Å²) in [5, 5.41) is -0.252. The van der Waals surface area contributed by atoms with Crippen molar-refractivity contribution in [1.82, 2.24) is 4.90 Å². The zero-order chi connectivity index (χ0) is 18.6. The number of hydrogen-bond donors (Lipinski definition) is 0. The van der Waals surface area contributed by atoms with Crippen molar-refractivity contribution in [3.63, 3.8) is 0 Å². The van der Waals surface area contributed by atoms with Crippen LogP contribution in [0.15, 0.2) is 54.6 Å². The Morgan fingerprint density at radius 3 is 2.50 bits per heavy atom. The van der Waals surface area contributed by atoms with E-state index in [0.717, 1.165) is 0 Å². The molecule has 1 atom stereocenters. The molecule has 1 unspecified atom stereocenters. The van der Waals surface area contributed by atoms with E-state index < -0.39 is 15.1 Å². The number of para-hydroxylation sites is 1. The number of carbonyl (C=O) groups is 1. The van der Waals surface area contributed by atoms with Gasteiger partial charge in [0.15, 0.2) is 16.4 Å². The average Bonchev–Trinajstić information content (AvgIpc) is 2.79. The fourth-order valence-electron chi connectivity index (χ4n) is 3.03. The molecule has 138 valence electrons. The molecule has 5 nitrogen and oxygen atoms in total. The lowest BCUT2D eigenvalue weighted by Crippen LogP contribution is -2.37. The highest BCUT2D eigenvalue weighted by Crippen LogP contribution is 2.33. The summed E-state index contributed by atoms with van der Waals surface area (Å²) in [4.78, 5) is 14.0. The van der Waals surface area contributed by atoms with Gasteiger partial charge in [-0.25, -0.2) is 8.42 Å². The van der Waals surface area contributed by atoms with E-state index in [1.807, 2.05) is 18.2 Å². The number of rotatable bonds is 4. The Morgan fingerprint density at radius 1 is 1.08 bits per heavy atom. The summed E-state index contributed by atoms with van der Waals surface area (Å²) < 4.78 is 30.8. The molecule has 0 bridgehead atoms. The van der Waals surface area contributed by atoms with Gasteiger partial charge < -0.3 is 9.64 Å². The van der Waals surface area contributed by atoms with Crippen molar-refractivity contribution in [2.75, 3.05) is 25.4 Å². The molecule has 1 aliphatic rings. The quantitative estimate of drug-likeness (QED) is 0.800.